The van der Waals surface area contributed by atoms with Gasteiger partial charge in [-0.05, 0) is 6.07 Å². The lowest BCUT2D eigenvalue weighted by molar-refractivity contribution is -0.137. The smallest absolute Gasteiger partial charge is 0.326 e. The average molecular weight is 266 g/mol. The van der Waals surface area contributed by atoms with Crippen molar-refractivity contribution < 1.29 is 13.2 Å². The monoisotopic (exact) mass is 266 g/mol. The van der Waals surface area contributed by atoms with E-state index >= 15 is 0 Å². The summed E-state index contributed by atoms with van der Waals surface area (Å²) in [5.41, 5.74) is 0.602. The summed E-state index contributed by atoms with van der Waals surface area (Å²) in [6, 6.07) is 2.99. The number of pyridine rings is 1. The number of nitriles is 1. The summed E-state index contributed by atoms with van der Waals surface area (Å²) in [7, 11) is 0. The van der Waals surface area contributed by atoms with Crippen LogP contribution in [0.25, 0.3) is 11.0 Å². The highest BCUT2D eigenvalue weighted by atomic mass is 19.4. The van der Waals surface area contributed by atoms with Gasteiger partial charge < -0.3 is 9.88 Å². The molecule has 4 nitrogen and oxygen atoms in total. The molecule has 0 amide bonds. The first-order chi connectivity index (χ1) is 9.02. The van der Waals surface area contributed by atoms with E-state index in [4.69, 9.17) is 0 Å². The minimum Gasteiger partial charge on any atom is -0.326 e. The minimum absolute atomic E-state index is 0.274. The van der Waals surface area contributed by atoms with Crippen molar-refractivity contribution in [2.75, 3.05) is 6.54 Å². The molecule has 2 aromatic heterocycles. The summed E-state index contributed by atoms with van der Waals surface area (Å²) in [6.45, 7) is 1.79. The van der Waals surface area contributed by atoms with E-state index in [0.717, 1.165) is 12.3 Å². The summed E-state index contributed by atoms with van der Waals surface area (Å²) in [6.07, 6.45) is -3.63. The predicted molar refractivity (Wildman–Crippen MR) is 61.2 cm³/mol. The summed E-state index contributed by atoms with van der Waals surface area (Å²) in [5.74, 6) is 0. The van der Waals surface area contributed by atoms with Gasteiger partial charge in [0, 0.05) is 31.2 Å². The molecule has 0 unspecified atom stereocenters. The summed E-state index contributed by atoms with van der Waals surface area (Å²) in [5, 5.41) is 12.5. The molecule has 0 saturated carbocycles. The van der Waals surface area contributed by atoms with Gasteiger partial charge >= 0.3 is 6.18 Å². The molecule has 0 radical (unpaired) electrons. The minimum atomic E-state index is -4.45. The lowest BCUT2D eigenvalue weighted by atomic mass is 10.1. The Balaban J connectivity index is 2.32. The van der Waals surface area contributed by atoms with E-state index in [2.05, 4.69) is 10.3 Å². The van der Waals surface area contributed by atoms with Crippen LogP contribution in [0.1, 0.15) is 16.8 Å². The maximum absolute atomic E-state index is 12.7. The molecule has 0 aromatic carbocycles. The van der Waals surface area contributed by atoms with Crippen LogP contribution >= 0.6 is 0 Å². The van der Waals surface area contributed by atoms with Gasteiger partial charge in [0.25, 0.3) is 0 Å². The molecule has 7 heteroatoms. The van der Waals surface area contributed by atoms with Crippen LogP contribution in [0.15, 0.2) is 12.3 Å². The van der Waals surface area contributed by atoms with Crippen molar-refractivity contribution in [2.45, 2.75) is 19.3 Å². The van der Waals surface area contributed by atoms with Crippen molar-refractivity contribution in [3.05, 3.63) is 29.1 Å². The average Bonchev–Trinajstić information content (AvgIpc) is 2.70. The molecule has 3 heterocycles. The fourth-order valence-corrected chi connectivity index (χ4v) is 2.38. The van der Waals surface area contributed by atoms with Gasteiger partial charge in [0.05, 0.1) is 16.8 Å². The second-order valence-corrected chi connectivity index (χ2v) is 4.35. The van der Waals surface area contributed by atoms with Crippen molar-refractivity contribution in [3.63, 3.8) is 0 Å². The van der Waals surface area contributed by atoms with Gasteiger partial charge in [-0.3, -0.25) is 0 Å². The Bertz CT molecular complexity index is 694. The molecule has 0 spiro atoms. The first-order valence-corrected chi connectivity index (χ1v) is 5.71. The van der Waals surface area contributed by atoms with E-state index in [-0.39, 0.29) is 10.9 Å². The van der Waals surface area contributed by atoms with Crippen molar-refractivity contribution in [1.82, 2.24) is 14.9 Å². The Labute approximate surface area is 106 Å². The molecule has 0 fully saturated rings. The highest BCUT2D eigenvalue weighted by molar-refractivity contribution is 5.86. The highest BCUT2D eigenvalue weighted by Crippen LogP contribution is 2.33. The van der Waals surface area contributed by atoms with Crippen LogP contribution in [0, 0.1) is 11.3 Å². The Hall–Kier alpha value is -2.07. The summed E-state index contributed by atoms with van der Waals surface area (Å²) < 4.78 is 39.9. The second-order valence-electron chi connectivity index (χ2n) is 4.35. The molecule has 2 aromatic rings. The number of nitrogens with zero attached hydrogens (tertiary/aromatic N) is 3. The van der Waals surface area contributed by atoms with Crippen LogP contribution in [0.4, 0.5) is 13.2 Å². The third kappa shape index (κ3) is 1.76. The molecule has 1 aliphatic rings. The maximum atomic E-state index is 12.7. The number of nitrogens with one attached hydrogen (secondary N) is 1. The van der Waals surface area contributed by atoms with Crippen molar-refractivity contribution in [3.8, 4) is 6.07 Å². The first kappa shape index (κ1) is 12.0. The molecule has 98 valence electrons. The SMILES string of the molecule is N#Cc1c2n(c3ncc(C(F)(F)F)cc13)CCNC2. The quantitative estimate of drug-likeness (QED) is 0.793. The molecule has 0 aliphatic carbocycles. The molecule has 1 aliphatic heterocycles. The molecule has 0 saturated heterocycles. The van der Waals surface area contributed by atoms with Crippen LogP contribution in [0.2, 0.25) is 0 Å². The van der Waals surface area contributed by atoms with Crippen molar-refractivity contribution in [2.24, 2.45) is 0 Å². The zero-order valence-corrected chi connectivity index (χ0v) is 9.75. The Morgan fingerprint density at radius 1 is 1.42 bits per heavy atom. The van der Waals surface area contributed by atoms with E-state index in [9.17, 15) is 18.4 Å². The number of hydrogen-bond acceptors (Lipinski definition) is 3. The van der Waals surface area contributed by atoms with Crippen LogP contribution < -0.4 is 5.32 Å². The van der Waals surface area contributed by atoms with Crippen molar-refractivity contribution in [1.29, 1.82) is 5.26 Å². The number of aromatic nitrogens is 2. The third-order valence-electron chi connectivity index (χ3n) is 3.25. The van der Waals surface area contributed by atoms with E-state index < -0.39 is 11.7 Å². The molecular formula is C12H9F3N4. The van der Waals surface area contributed by atoms with Gasteiger partial charge in [0.2, 0.25) is 0 Å². The number of halogens is 3. The normalized spacial score (nSPS) is 15.3. The number of fused-ring (bicyclic) bond motifs is 3. The second kappa shape index (κ2) is 3.96. The first-order valence-electron chi connectivity index (χ1n) is 5.71. The fourth-order valence-electron chi connectivity index (χ4n) is 2.38. The predicted octanol–water partition coefficient (Wildman–Crippen LogP) is 2.03. The molecule has 3 rings (SSSR count). The number of alkyl halides is 3. The van der Waals surface area contributed by atoms with Crippen LogP contribution in [0.3, 0.4) is 0 Å². The van der Waals surface area contributed by atoms with Gasteiger partial charge in [0.15, 0.2) is 0 Å². The largest absolute Gasteiger partial charge is 0.417 e. The molecule has 0 atom stereocenters. The summed E-state index contributed by atoms with van der Waals surface area (Å²) in [4.78, 5) is 3.89. The number of rotatable bonds is 0. The Kier molecular flexibility index (Phi) is 2.50. The molecule has 0 bridgehead atoms. The molecule has 19 heavy (non-hydrogen) atoms. The lowest BCUT2D eigenvalue weighted by Crippen LogP contribution is -2.28. The van der Waals surface area contributed by atoms with E-state index in [1.807, 2.05) is 10.6 Å². The van der Waals surface area contributed by atoms with Crippen LogP contribution in [0.5, 0.6) is 0 Å². The van der Waals surface area contributed by atoms with Gasteiger partial charge in [-0.1, -0.05) is 0 Å². The number of hydrogen-bond donors (Lipinski definition) is 1. The zero-order chi connectivity index (χ0) is 13.6. The van der Waals surface area contributed by atoms with Gasteiger partial charge in [-0.2, -0.15) is 18.4 Å². The molecular weight excluding hydrogens is 257 g/mol. The fraction of sp³-hybridized carbons (Fsp3) is 0.333. The highest BCUT2D eigenvalue weighted by Gasteiger charge is 2.32. The van der Waals surface area contributed by atoms with E-state index in [1.54, 1.807) is 0 Å². The van der Waals surface area contributed by atoms with Gasteiger partial charge in [-0.15, -0.1) is 0 Å². The van der Waals surface area contributed by atoms with Crippen molar-refractivity contribution >= 4 is 11.0 Å². The Morgan fingerprint density at radius 3 is 2.89 bits per heavy atom. The summed E-state index contributed by atoms with van der Waals surface area (Å²) >= 11 is 0. The molecule has 1 N–H and O–H groups in total. The topological polar surface area (TPSA) is 53.6 Å². The van der Waals surface area contributed by atoms with E-state index in [1.165, 1.54) is 0 Å². The standard InChI is InChI=1S/C12H9F3N4/c13-12(14,15)7-3-8-9(4-16)10-6-17-1-2-19(10)11(8)18-5-7/h3,5,17H,1-2,6H2. The zero-order valence-electron chi connectivity index (χ0n) is 9.75. The van der Waals surface area contributed by atoms with E-state index in [0.29, 0.717) is 31.0 Å². The van der Waals surface area contributed by atoms with Crippen LogP contribution in [-0.4, -0.2) is 16.1 Å². The lowest BCUT2D eigenvalue weighted by Gasteiger charge is -2.16. The maximum Gasteiger partial charge on any atom is 0.417 e. The third-order valence-corrected chi connectivity index (χ3v) is 3.25. The Morgan fingerprint density at radius 2 is 2.21 bits per heavy atom. The van der Waals surface area contributed by atoms with Crippen LogP contribution in [-0.2, 0) is 19.3 Å². The van der Waals surface area contributed by atoms with Gasteiger partial charge in [-0.25, -0.2) is 4.98 Å². The van der Waals surface area contributed by atoms with Gasteiger partial charge in [0.1, 0.15) is 11.7 Å².